The van der Waals surface area contributed by atoms with Gasteiger partial charge in [0.25, 0.3) is 5.91 Å². The van der Waals surface area contributed by atoms with Crippen LogP contribution in [0.25, 0.3) is 0 Å². The quantitative estimate of drug-likeness (QED) is 0.311. The van der Waals surface area contributed by atoms with Crippen molar-refractivity contribution >= 4 is 11.9 Å². The van der Waals surface area contributed by atoms with E-state index in [0.717, 1.165) is 18.4 Å². The molecule has 0 aromatic rings. The summed E-state index contributed by atoms with van der Waals surface area (Å²) in [6.45, 7) is 12.8. The topological polar surface area (TPSA) is 87.1 Å². The van der Waals surface area contributed by atoms with Crippen LogP contribution in [0.1, 0.15) is 67.7 Å². The molecule has 1 aliphatic heterocycles. The zero-order chi connectivity index (χ0) is 20.3. The van der Waals surface area contributed by atoms with Crippen molar-refractivity contribution < 1.29 is 24.6 Å². The maximum atomic E-state index is 12.5. The molecule has 6 nitrogen and oxygen atoms in total. The molecule has 2 N–H and O–H groups in total. The summed E-state index contributed by atoms with van der Waals surface area (Å²) in [4.78, 5) is 24.8. The Labute approximate surface area is 157 Å². The van der Waals surface area contributed by atoms with Crippen molar-refractivity contribution in [3.05, 3.63) is 11.1 Å². The number of aliphatic hydroxyl groups excluding tert-OH is 1. The van der Waals surface area contributed by atoms with Gasteiger partial charge in [0.15, 0.2) is 5.60 Å². The summed E-state index contributed by atoms with van der Waals surface area (Å²) >= 11 is 0. The van der Waals surface area contributed by atoms with Gasteiger partial charge >= 0.3 is 5.97 Å². The number of cyclic esters (lactones) is 1. The van der Waals surface area contributed by atoms with Crippen molar-refractivity contribution in [3.63, 3.8) is 0 Å². The minimum Gasteiger partial charge on any atom is -0.451 e. The molecule has 1 amide bonds. The van der Waals surface area contributed by atoms with Crippen LogP contribution in [0, 0.1) is 17.3 Å². The number of allylic oxidation sites excluding steroid dienone is 1. The van der Waals surface area contributed by atoms with Gasteiger partial charge in [0.1, 0.15) is 0 Å². The lowest BCUT2D eigenvalue weighted by Gasteiger charge is -2.31. The summed E-state index contributed by atoms with van der Waals surface area (Å²) < 4.78 is 5.49. The molecule has 0 bridgehead atoms. The summed E-state index contributed by atoms with van der Waals surface area (Å²) in [5, 5.41) is 20.6. The lowest BCUT2D eigenvalue weighted by Crippen LogP contribution is -2.49. The van der Waals surface area contributed by atoms with Crippen LogP contribution in [0.4, 0.5) is 0 Å². The molecule has 1 atom stereocenters. The molecule has 0 saturated carbocycles. The Hall–Kier alpha value is -1.40. The van der Waals surface area contributed by atoms with Gasteiger partial charge in [-0.2, -0.15) is 0 Å². The second kappa shape index (κ2) is 8.53. The van der Waals surface area contributed by atoms with Crippen LogP contribution in [-0.2, 0) is 14.3 Å². The first kappa shape index (κ1) is 22.6. The van der Waals surface area contributed by atoms with Crippen molar-refractivity contribution in [3.8, 4) is 0 Å². The van der Waals surface area contributed by atoms with Crippen molar-refractivity contribution in [1.82, 2.24) is 5.06 Å². The van der Waals surface area contributed by atoms with Crippen LogP contribution >= 0.6 is 0 Å². The lowest BCUT2D eigenvalue weighted by atomic mass is 9.87. The zero-order valence-electron chi connectivity index (χ0n) is 17.3. The van der Waals surface area contributed by atoms with Crippen molar-refractivity contribution in [1.29, 1.82) is 0 Å². The van der Waals surface area contributed by atoms with Crippen LogP contribution in [0.2, 0.25) is 0 Å². The molecule has 1 fully saturated rings. The maximum absolute atomic E-state index is 12.5. The Balaban J connectivity index is 3.11. The molecule has 150 valence electrons. The number of aliphatic hydroxyl groups is 1. The maximum Gasteiger partial charge on any atom is 0.334 e. The minimum absolute atomic E-state index is 0.200. The monoisotopic (exact) mass is 369 g/mol. The van der Waals surface area contributed by atoms with E-state index in [2.05, 4.69) is 27.7 Å². The van der Waals surface area contributed by atoms with Gasteiger partial charge < -0.3 is 9.84 Å². The highest BCUT2D eigenvalue weighted by atomic mass is 16.6. The van der Waals surface area contributed by atoms with E-state index < -0.39 is 29.5 Å². The fraction of sp³-hybridized carbons (Fsp3) is 0.800. The van der Waals surface area contributed by atoms with E-state index in [0.29, 0.717) is 22.5 Å². The van der Waals surface area contributed by atoms with E-state index in [-0.39, 0.29) is 13.0 Å². The Morgan fingerprint density at radius 2 is 1.69 bits per heavy atom. The standard InChI is InChI=1S/C20H35NO5/c1-13(2)8-15(9-14(3)4)16-10-20(12-22,26-17(16)23)11-21(25)18(24)19(5,6)7/h13-14,22,25H,8-12H2,1-7H3. The number of carbonyl (C=O) groups excluding carboxylic acids is 2. The van der Waals surface area contributed by atoms with Gasteiger partial charge in [-0.05, 0) is 24.7 Å². The molecule has 1 saturated heterocycles. The third kappa shape index (κ3) is 5.81. The third-order valence-corrected chi connectivity index (χ3v) is 4.39. The molecule has 0 radical (unpaired) electrons. The fourth-order valence-electron chi connectivity index (χ4n) is 3.23. The number of carbonyl (C=O) groups is 2. The van der Waals surface area contributed by atoms with Gasteiger partial charge in [0.2, 0.25) is 0 Å². The molecule has 1 aliphatic rings. The summed E-state index contributed by atoms with van der Waals surface area (Å²) in [6, 6.07) is 0. The second-order valence-electron chi connectivity index (χ2n) is 9.30. The van der Waals surface area contributed by atoms with Gasteiger partial charge in [0.05, 0.1) is 13.2 Å². The van der Waals surface area contributed by atoms with Gasteiger partial charge in [-0.15, -0.1) is 0 Å². The first-order chi connectivity index (χ1) is 11.8. The van der Waals surface area contributed by atoms with Crippen LogP contribution in [0.5, 0.6) is 0 Å². The highest BCUT2D eigenvalue weighted by molar-refractivity contribution is 5.92. The number of hydrogen-bond donors (Lipinski definition) is 2. The normalized spacial score (nSPS) is 20.7. The van der Waals surface area contributed by atoms with Gasteiger partial charge in [0, 0.05) is 17.4 Å². The molecule has 1 unspecified atom stereocenters. The number of esters is 1. The van der Waals surface area contributed by atoms with Gasteiger partial charge in [-0.3, -0.25) is 10.0 Å². The molecule has 0 spiro atoms. The fourth-order valence-corrected chi connectivity index (χ4v) is 3.23. The second-order valence-corrected chi connectivity index (χ2v) is 9.30. The SMILES string of the molecule is CC(C)CC(CC(C)C)=C1CC(CO)(CN(O)C(=O)C(C)(C)C)OC1=O. The van der Waals surface area contributed by atoms with E-state index in [1.54, 1.807) is 20.8 Å². The molecule has 6 heteroatoms. The number of hydrogen-bond acceptors (Lipinski definition) is 5. The van der Waals surface area contributed by atoms with Gasteiger partial charge in [-0.25, -0.2) is 9.86 Å². The summed E-state index contributed by atoms with van der Waals surface area (Å²) in [7, 11) is 0. The van der Waals surface area contributed by atoms with E-state index in [1.165, 1.54) is 0 Å². The Morgan fingerprint density at radius 1 is 1.19 bits per heavy atom. The van der Waals surface area contributed by atoms with E-state index in [1.807, 2.05) is 0 Å². The molecular formula is C20H35NO5. The Bertz CT molecular complexity index is 547. The van der Waals surface area contributed by atoms with E-state index in [9.17, 15) is 19.9 Å². The lowest BCUT2D eigenvalue weighted by molar-refractivity contribution is -0.193. The number of nitrogens with zero attached hydrogens (tertiary/aromatic N) is 1. The molecule has 0 aromatic carbocycles. The van der Waals surface area contributed by atoms with Crippen LogP contribution in [0.3, 0.4) is 0 Å². The summed E-state index contributed by atoms with van der Waals surface area (Å²) in [6.07, 6.45) is 1.77. The highest BCUT2D eigenvalue weighted by Crippen LogP contribution is 2.37. The number of ether oxygens (including phenoxy) is 1. The van der Waals surface area contributed by atoms with Crippen molar-refractivity contribution in [2.75, 3.05) is 13.2 Å². The first-order valence-electron chi connectivity index (χ1n) is 9.37. The van der Waals surface area contributed by atoms with E-state index in [4.69, 9.17) is 4.74 Å². The molecule has 0 aliphatic carbocycles. The molecule has 0 aromatic heterocycles. The molecule has 1 rings (SSSR count). The van der Waals surface area contributed by atoms with Crippen LogP contribution in [0.15, 0.2) is 11.1 Å². The summed E-state index contributed by atoms with van der Waals surface area (Å²) in [5.41, 5.74) is -0.436. The third-order valence-electron chi connectivity index (χ3n) is 4.39. The highest BCUT2D eigenvalue weighted by Gasteiger charge is 2.47. The van der Waals surface area contributed by atoms with Gasteiger partial charge in [-0.1, -0.05) is 54.0 Å². The first-order valence-corrected chi connectivity index (χ1v) is 9.37. The Morgan fingerprint density at radius 3 is 2.08 bits per heavy atom. The molecule has 1 heterocycles. The molecule has 26 heavy (non-hydrogen) atoms. The predicted molar refractivity (Wildman–Crippen MR) is 99.4 cm³/mol. The van der Waals surface area contributed by atoms with E-state index >= 15 is 0 Å². The average molecular weight is 370 g/mol. The average Bonchev–Trinajstić information content (AvgIpc) is 2.81. The smallest absolute Gasteiger partial charge is 0.334 e. The van der Waals surface area contributed by atoms with Crippen molar-refractivity contribution in [2.45, 2.75) is 73.3 Å². The Kier molecular flexibility index (Phi) is 7.42. The largest absolute Gasteiger partial charge is 0.451 e. The zero-order valence-corrected chi connectivity index (χ0v) is 17.3. The number of rotatable bonds is 7. The molecular weight excluding hydrogens is 334 g/mol. The van der Waals surface area contributed by atoms with Crippen molar-refractivity contribution in [2.24, 2.45) is 17.3 Å². The number of hydroxylamine groups is 2. The number of amides is 1. The van der Waals surface area contributed by atoms with Crippen LogP contribution < -0.4 is 0 Å². The summed E-state index contributed by atoms with van der Waals surface area (Å²) in [5.74, 6) is -0.148. The van der Waals surface area contributed by atoms with Crippen LogP contribution in [-0.4, -0.2) is 46.0 Å². The minimum atomic E-state index is -1.29. The predicted octanol–water partition coefficient (Wildman–Crippen LogP) is 3.32.